The number of H-pyrrole nitrogens is 1. The predicted molar refractivity (Wildman–Crippen MR) is 87.7 cm³/mol. The van der Waals surface area contributed by atoms with Crippen LogP contribution < -0.4 is 11.0 Å². The first kappa shape index (κ1) is 14.5. The topological polar surface area (TPSA) is 94.5 Å². The Morgan fingerprint density at radius 3 is 2.70 bits per heavy atom. The number of aromatic amines is 1. The zero-order chi connectivity index (χ0) is 16.2. The van der Waals surface area contributed by atoms with Crippen LogP contribution >= 0.6 is 0 Å². The maximum absolute atomic E-state index is 12.2. The maximum atomic E-state index is 12.2. The lowest BCUT2D eigenvalue weighted by Gasteiger charge is -2.04. The van der Waals surface area contributed by atoms with Crippen LogP contribution in [-0.2, 0) is 0 Å². The Bertz CT molecular complexity index is 960. The second-order valence-corrected chi connectivity index (χ2v) is 4.85. The van der Waals surface area contributed by atoms with E-state index in [1.165, 1.54) is 18.3 Å². The summed E-state index contributed by atoms with van der Waals surface area (Å²) in [7, 11) is 0. The number of hydrogen-bond donors (Lipinski definition) is 3. The van der Waals surface area contributed by atoms with Gasteiger partial charge < -0.3 is 10.1 Å². The molecule has 0 aliphatic carbocycles. The van der Waals surface area contributed by atoms with Crippen molar-refractivity contribution in [3.05, 3.63) is 76.1 Å². The van der Waals surface area contributed by atoms with E-state index >= 15 is 0 Å². The number of amides is 1. The highest BCUT2D eigenvalue weighted by molar-refractivity contribution is 6.06. The number of rotatable bonds is 3. The van der Waals surface area contributed by atoms with E-state index in [1.807, 2.05) is 0 Å². The van der Waals surface area contributed by atoms with Gasteiger partial charge in [0.25, 0.3) is 5.91 Å². The van der Waals surface area contributed by atoms with E-state index in [0.29, 0.717) is 16.5 Å². The second-order valence-electron chi connectivity index (χ2n) is 4.85. The Labute approximate surface area is 131 Å². The molecule has 6 heteroatoms. The fraction of sp³-hybridized carbons (Fsp3) is 0. The standard InChI is InChI=1S/C17H13N3O3/c21-15-8-4-1-5-11(15)10-18-20-17(23)13-9-16(22)19-14-7-3-2-6-12(13)14/h1-10,21H,(H,19,22)(H,20,23). The van der Waals surface area contributed by atoms with Gasteiger partial charge in [0.05, 0.1) is 11.8 Å². The van der Waals surface area contributed by atoms with Crippen molar-refractivity contribution < 1.29 is 9.90 Å². The average Bonchev–Trinajstić information content (AvgIpc) is 2.55. The lowest BCUT2D eigenvalue weighted by Crippen LogP contribution is -2.20. The Hall–Kier alpha value is -3.41. The molecule has 0 saturated heterocycles. The number of benzene rings is 2. The number of carbonyl (C=O) groups is 1. The fourth-order valence-corrected chi connectivity index (χ4v) is 2.21. The van der Waals surface area contributed by atoms with E-state index in [2.05, 4.69) is 15.5 Å². The molecular formula is C17H13N3O3. The molecule has 0 saturated carbocycles. The van der Waals surface area contributed by atoms with Gasteiger partial charge in [-0.25, -0.2) is 5.43 Å². The summed E-state index contributed by atoms with van der Waals surface area (Å²) in [6.07, 6.45) is 1.34. The minimum atomic E-state index is -0.501. The smallest absolute Gasteiger partial charge is 0.272 e. The van der Waals surface area contributed by atoms with Crippen molar-refractivity contribution in [2.75, 3.05) is 0 Å². The maximum Gasteiger partial charge on any atom is 0.272 e. The fourth-order valence-electron chi connectivity index (χ4n) is 2.21. The van der Waals surface area contributed by atoms with E-state index < -0.39 is 5.91 Å². The number of nitrogens with zero attached hydrogens (tertiary/aromatic N) is 1. The Kier molecular flexibility index (Phi) is 3.88. The number of nitrogens with one attached hydrogen (secondary N) is 2. The van der Waals surface area contributed by atoms with Gasteiger partial charge in [-0.15, -0.1) is 0 Å². The molecule has 23 heavy (non-hydrogen) atoms. The zero-order valence-corrected chi connectivity index (χ0v) is 12.0. The minimum Gasteiger partial charge on any atom is -0.507 e. The Morgan fingerprint density at radius 1 is 1.13 bits per heavy atom. The predicted octanol–water partition coefficient (Wildman–Crippen LogP) is 2.00. The van der Waals surface area contributed by atoms with Crippen molar-refractivity contribution >= 4 is 23.0 Å². The number of phenols is 1. The van der Waals surface area contributed by atoms with Crippen molar-refractivity contribution in [2.45, 2.75) is 0 Å². The summed E-state index contributed by atoms with van der Waals surface area (Å²) in [6, 6.07) is 14.9. The van der Waals surface area contributed by atoms with Crippen LogP contribution in [-0.4, -0.2) is 22.2 Å². The molecule has 1 amide bonds. The SMILES string of the molecule is O=C(NN=Cc1ccccc1O)c1cc(=O)[nH]c2ccccc12. The normalized spacial score (nSPS) is 11.0. The summed E-state index contributed by atoms with van der Waals surface area (Å²) >= 11 is 0. The molecular weight excluding hydrogens is 294 g/mol. The summed E-state index contributed by atoms with van der Waals surface area (Å²) in [5.74, 6) is -0.439. The third kappa shape index (κ3) is 3.11. The lowest BCUT2D eigenvalue weighted by atomic mass is 10.1. The van der Waals surface area contributed by atoms with Crippen LogP contribution in [0.3, 0.4) is 0 Å². The molecule has 114 valence electrons. The molecule has 0 bridgehead atoms. The third-order valence-corrected chi connectivity index (χ3v) is 3.30. The molecule has 3 N–H and O–H groups in total. The summed E-state index contributed by atoms with van der Waals surface area (Å²) in [5.41, 5.74) is 3.29. The lowest BCUT2D eigenvalue weighted by molar-refractivity contribution is 0.0956. The van der Waals surface area contributed by atoms with Crippen LogP contribution in [0.2, 0.25) is 0 Å². The van der Waals surface area contributed by atoms with Crippen LogP contribution in [0.25, 0.3) is 10.9 Å². The number of hydrazone groups is 1. The largest absolute Gasteiger partial charge is 0.507 e. The monoisotopic (exact) mass is 307 g/mol. The van der Waals surface area contributed by atoms with Gasteiger partial charge in [-0.1, -0.05) is 30.3 Å². The van der Waals surface area contributed by atoms with Gasteiger partial charge in [0.2, 0.25) is 5.56 Å². The number of aromatic nitrogens is 1. The number of pyridine rings is 1. The summed E-state index contributed by atoms with van der Waals surface area (Å²) in [4.78, 5) is 26.6. The van der Waals surface area contributed by atoms with Crippen LogP contribution in [0.5, 0.6) is 5.75 Å². The molecule has 0 fully saturated rings. The molecule has 0 atom stereocenters. The van der Waals surface area contributed by atoms with Crippen molar-refractivity contribution in [1.82, 2.24) is 10.4 Å². The van der Waals surface area contributed by atoms with Gasteiger partial charge in [0.1, 0.15) is 5.75 Å². The van der Waals surface area contributed by atoms with E-state index in [-0.39, 0.29) is 16.9 Å². The number of carbonyl (C=O) groups excluding carboxylic acids is 1. The molecule has 0 unspecified atom stereocenters. The van der Waals surface area contributed by atoms with Crippen molar-refractivity contribution in [3.63, 3.8) is 0 Å². The summed E-state index contributed by atoms with van der Waals surface area (Å²) in [5, 5.41) is 14.1. The van der Waals surface area contributed by atoms with E-state index in [1.54, 1.807) is 42.5 Å². The first-order chi connectivity index (χ1) is 11.1. The Morgan fingerprint density at radius 2 is 1.87 bits per heavy atom. The summed E-state index contributed by atoms with van der Waals surface area (Å²) in [6.45, 7) is 0. The molecule has 6 nitrogen and oxygen atoms in total. The molecule has 0 aliphatic rings. The number of aromatic hydroxyl groups is 1. The van der Waals surface area contributed by atoms with Gasteiger partial charge in [-0.2, -0.15) is 5.10 Å². The molecule has 3 aromatic rings. The number of phenolic OH excluding ortho intramolecular Hbond substituents is 1. The highest BCUT2D eigenvalue weighted by atomic mass is 16.3. The molecule has 0 radical (unpaired) electrons. The zero-order valence-electron chi connectivity index (χ0n) is 12.0. The third-order valence-electron chi connectivity index (χ3n) is 3.30. The van der Waals surface area contributed by atoms with Gasteiger partial charge in [0, 0.05) is 22.5 Å². The second kappa shape index (κ2) is 6.15. The van der Waals surface area contributed by atoms with Crippen molar-refractivity contribution in [3.8, 4) is 5.75 Å². The van der Waals surface area contributed by atoms with Crippen molar-refractivity contribution in [2.24, 2.45) is 5.10 Å². The Balaban J connectivity index is 1.87. The summed E-state index contributed by atoms with van der Waals surface area (Å²) < 4.78 is 0. The van der Waals surface area contributed by atoms with Crippen LogP contribution in [0.1, 0.15) is 15.9 Å². The highest BCUT2D eigenvalue weighted by Crippen LogP contribution is 2.15. The number of para-hydroxylation sites is 2. The van der Waals surface area contributed by atoms with E-state index in [4.69, 9.17) is 0 Å². The first-order valence-corrected chi connectivity index (χ1v) is 6.88. The molecule has 1 aromatic heterocycles. The molecule has 0 aliphatic heterocycles. The number of hydrogen-bond acceptors (Lipinski definition) is 4. The van der Waals surface area contributed by atoms with Crippen LogP contribution in [0.4, 0.5) is 0 Å². The van der Waals surface area contributed by atoms with Gasteiger partial charge in [0.15, 0.2) is 0 Å². The number of fused-ring (bicyclic) bond motifs is 1. The van der Waals surface area contributed by atoms with Gasteiger partial charge in [-0.3, -0.25) is 9.59 Å². The van der Waals surface area contributed by atoms with E-state index in [0.717, 1.165) is 0 Å². The van der Waals surface area contributed by atoms with Gasteiger partial charge in [-0.05, 0) is 18.2 Å². The molecule has 2 aromatic carbocycles. The molecule has 0 spiro atoms. The molecule has 3 rings (SSSR count). The van der Waals surface area contributed by atoms with Crippen molar-refractivity contribution in [1.29, 1.82) is 0 Å². The van der Waals surface area contributed by atoms with Crippen LogP contribution in [0.15, 0.2) is 64.5 Å². The highest BCUT2D eigenvalue weighted by Gasteiger charge is 2.10. The quantitative estimate of drug-likeness (QED) is 0.510. The van der Waals surface area contributed by atoms with E-state index in [9.17, 15) is 14.7 Å². The van der Waals surface area contributed by atoms with Crippen LogP contribution in [0, 0.1) is 0 Å². The van der Waals surface area contributed by atoms with Gasteiger partial charge >= 0.3 is 0 Å². The molecule has 1 heterocycles. The first-order valence-electron chi connectivity index (χ1n) is 6.88. The minimum absolute atomic E-state index is 0.0621. The average molecular weight is 307 g/mol.